The Balaban J connectivity index is 1.32. The standard InChI is InChI=1S/2C22H25.C12H9Si.Zr/c2*1-4-9-17-10-6-7-12-20(17)21-13-8-11-18-14-19(15-22(18)21)16(3)5-2;1-3-7-11-9(5-1)10-6-2-4-8-12(10)13-11;/h2*6-8,10-16H,4-5,9H2,1-3H3;1-7H,13H2;. The molecule has 0 saturated carbocycles. The van der Waals surface area contributed by atoms with E-state index in [0.717, 1.165) is 38.5 Å². The number of aryl methyl sites for hydroxylation is 2. The summed E-state index contributed by atoms with van der Waals surface area (Å²) in [6, 6.07) is 50.3. The van der Waals surface area contributed by atoms with Crippen LogP contribution < -0.4 is 13.6 Å². The Morgan fingerprint density at radius 2 is 0.931 bits per heavy atom. The molecule has 0 saturated heterocycles. The van der Waals surface area contributed by atoms with Crippen molar-refractivity contribution in [3.8, 4) is 33.4 Å². The maximum atomic E-state index is 2.72. The van der Waals surface area contributed by atoms with Crippen molar-refractivity contribution in [1.82, 2.24) is 0 Å². The Labute approximate surface area is 359 Å². The Hall–Kier alpha value is -4.10. The molecule has 0 aromatic heterocycles. The van der Waals surface area contributed by atoms with Gasteiger partial charge in [0.1, 0.15) is 0 Å². The minimum absolute atomic E-state index is 0.467. The van der Waals surface area contributed by atoms with Crippen molar-refractivity contribution >= 4 is 35.3 Å². The van der Waals surface area contributed by atoms with Crippen molar-refractivity contribution in [3.05, 3.63) is 172 Å². The molecule has 9 rings (SSSR count). The number of rotatable bonds is 13. The molecule has 1 aliphatic heterocycles. The van der Waals surface area contributed by atoms with Crippen LogP contribution in [-0.4, -0.2) is 9.52 Å². The van der Waals surface area contributed by atoms with E-state index in [1.54, 1.807) is 41.5 Å². The third-order valence-corrected chi connectivity index (χ3v) is 25.9. The van der Waals surface area contributed by atoms with Crippen LogP contribution in [0.1, 0.15) is 108 Å². The molecule has 58 heavy (non-hydrogen) atoms. The zero-order chi connectivity index (χ0) is 39.9. The second-order valence-electron chi connectivity index (χ2n) is 17.3. The molecule has 0 spiro atoms. The van der Waals surface area contributed by atoms with Crippen LogP contribution in [0, 0.1) is 11.8 Å². The van der Waals surface area contributed by atoms with Crippen LogP contribution in [0.25, 0.3) is 45.5 Å². The van der Waals surface area contributed by atoms with Crippen molar-refractivity contribution in [2.24, 2.45) is 11.8 Å². The van der Waals surface area contributed by atoms with E-state index >= 15 is 0 Å². The Kier molecular flexibility index (Phi) is 11.5. The maximum absolute atomic E-state index is 2.92. The molecule has 6 aromatic carbocycles. The predicted molar refractivity (Wildman–Crippen MR) is 251 cm³/mol. The topological polar surface area (TPSA) is 0 Å². The molecule has 6 aromatic rings. The van der Waals surface area contributed by atoms with Gasteiger partial charge in [0.25, 0.3) is 0 Å². The van der Waals surface area contributed by atoms with Gasteiger partial charge in [0.2, 0.25) is 0 Å². The van der Waals surface area contributed by atoms with Crippen molar-refractivity contribution in [2.45, 2.75) is 87.3 Å². The van der Waals surface area contributed by atoms with Crippen molar-refractivity contribution < 1.29 is 21.8 Å². The summed E-state index contributed by atoms with van der Waals surface area (Å²) >= 11 is -2.92. The van der Waals surface area contributed by atoms with Crippen molar-refractivity contribution in [2.75, 3.05) is 0 Å². The summed E-state index contributed by atoms with van der Waals surface area (Å²) in [4.78, 5) is 0. The van der Waals surface area contributed by atoms with E-state index in [4.69, 9.17) is 0 Å². The van der Waals surface area contributed by atoms with E-state index in [1.807, 2.05) is 0 Å². The molecule has 1 heterocycles. The van der Waals surface area contributed by atoms with E-state index in [2.05, 4.69) is 181 Å². The normalized spacial score (nSPS) is 17.6. The van der Waals surface area contributed by atoms with Crippen LogP contribution in [0.4, 0.5) is 0 Å². The van der Waals surface area contributed by atoms with Gasteiger partial charge in [-0.15, -0.1) is 0 Å². The molecule has 4 unspecified atom stereocenters. The van der Waals surface area contributed by atoms with Gasteiger partial charge in [0.15, 0.2) is 0 Å². The number of benzene rings is 6. The van der Waals surface area contributed by atoms with Crippen LogP contribution in [0.3, 0.4) is 0 Å². The molecule has 2 aliphatic carbocycles. The molecule has 0 N–H and O–H groups in total. The van der Waals surface area contributed by atoms with Gasteiger partial charge in [0.05, 0.1) is 0 Å². The van der Waals surface area contributed by atoms with Gasteiger partial charge in [-0.1, -0.05) is 0 Å². The molecular weight excluding hydrogens is 792 g/mol. The van der Waals surface area contributed by atoms with E-state index in [9.17, 15) is 0 Å². The number of hydrogen-bond donors (Lipinski definition) is 0. The molecule has 0 nitrogen and oxygen atoms in total. The van der Waals surface area contributed by atoms with Gasteiger partial charge in [-0.2, -0.15) is 0 Å². The first-order valence-electron chi connectivity index (χ1n) is 22.4. The second-order valence-corrected chi connectivity index (χ2v) is 25.5. The fraction of sp³-hybridized carbons (Fsp3) is 0.286. The summed E-state index contributed by atoms with van der Waals surface area (Å²) in [6.45, 7) is 14.5. The molecule has 0 bridgehead atoms. The number of allylic oxidation sites excluding steroid dienone is 2. The molecule has 0 fully saturated rings. The van der Waals surface area contributed by atoms with E-state index in [1.165, 1.54) is 50.1 Å². The molecule has 291 valence electrons. The van der Waals surface area contributed by atoms with Crippen LogP contribution >= 0.6 is 0 Å². The number of hydrogen-bond acceptors (Lipinski definition) is 0. The Morgan fingerprint density at radius 1 is 0.483 bits per heavy atom. The fourth-order valence-corrected chi connectivity index (χ4v) is 25.3. The van der Waals surface area contributed by atoms with Crippen LogP contribution in [0.15, 0.2) is 139 Å². The summed E-state index contributed by atoms with van der Waals surface area (Å²) in [5, 5.41) is 3.40. The van der Waals surface area contributed by atoms with E-state index < -0.39 is 31.3 Å². The first-order chi connectivity index (χ1) is 28.5. The fourth-order valence-electron chi connectivity index (χ4n) is 10.8. The average molecular weight is 851 g/mol. The van der Waals surface area contributed by atoms with Crippen LogP contribution in [0.2, 0.25) is 0 Å². The molecule has 2 heteroatoms. The summed E-state index contributed by atoms with van der Waals surface area (Å²) in [5.74, 6) is 1.03. The van der Waals surface area contributed by atoms with Crippen LogP contribution in [0.5, 0.6) is 0 Å². The Bertz CT molecular complexity index is 2420. The van der Waals surface area contributed by atoms with Crippen molar-refractivity contribution in [1.29, 1.82) is 0 Å². The van der Waals surface area contributed by atoms with Gasteiger partial charge < -0.3 is 0 Å². The first-order valence-corrected chi connectivity index (χ1v) is 27.9. The number of fused-ring (bicyclic) bond motifs is 5. The molecule has 0 radical (unpaired) electrons. The molecule has 0 amide bonds. The Morgan fingerprint density at radius 3 is 1.45 bits per heavy atom. The quantitative estimate of drug-likeness (QED) is 0.101. The third kappa shape index (κ3) is 6.77. The van der Waals surface area contributed by atoms with Gasteiger partial charge >= 0.3 is 362 Å². The zero-order valence-electron chi connectivity index (χ0n) is 35.5. The van der Waals surface area contributed by atoms with E-state index in [-0.39, 0.29) is 0 Å². The summed E-state index contributed by atoms with van der Waals surface area (Å²) < 4.78 is 2.74. The molecular formula is C56H59SiZr. The first kappa shape index (κ1) is 39.4. The third-order valence-electron chi connectivity index (χ3n) is 14.0. The average Bonchev–Trinajstić information content (AvgIpc) is 3.97. The van der Waals surface area contributed by atoms with Gasteiger partial charge in [-0.25, -0.2) is 0 Å². The van der Waals surface area contributed by atoms with Gasteiger partial charge in [0, 0.05) is 0 Å². The van der Waals surface area contributed by atoms with Crippen molar-refractivity contribution in [3.63, 3.8) is 0 Å². The predicted octanol–water partition coefficient (Wildman–Crippen LogP) is 12.6. The second kappa shape index (κ2) is 16.9. The summed E-state index contributed by atoms with van der Waals surface area (Å²) in [6.07, 6.45) is 12.3. The monoisotopic (exact) mass is 849 g/mol. The minimum atomic E-state index is -2.92. The van der Waals surface area contributed by atoms with E-state index in [0.29, 0.717) is 19.1 Å². The molecule has 4 atom stereocenters. The SMILES string of the molecule is CCCc1ccccc1-c1cccc2c1C=C(C(C)CC)[CH]2[Zr]([c]1cccc2c1[SiH2]c1ccccc1-2)[CH]1C(C(C)CC)=Cc2c(-c3ccccc3CCC)cccc21. The molecule has 3 aliphatic rings. The van der Waals surface area contributed by atoms with Gasteiger partial charge in [-0.3, -0.25) is 0 Å². The van der Waals surface area contributed by atoms with Gasteiger partial charge in [-0.05, 0) is 0 Å². The zero-order valence-corrected chi connectivity index (χ0v) is 39.4. The van der Waals surface area contributed by atoms with Crippen LogP contribution in [-0.2, 0) is 34.6 Å². The summed E-state index contributed by atoms with van der Waals surface area (Å²) in [5.41, 5.74) is 21.4. The summed E-state index contributed by atoms with van der Waals surface area (Å²) in [7, 11) is -0.631.